The van der Waals surface area contributed by atoms with Crippen molar-refractivity contribution in [2.75, 3.05) is 13.6 Å². The zero-order valence-electron chi connectivity index (χ0n) is 9.25. The third-order valence-electron chi connectivity index (χ3n) is 3.41. The van der Waals surface area contributed by atoms with Gasteiger partial charge in [0.1, 0.15) is 0 Å². The van der Waals surface area contributed by atoms with Crippen molar-refractivity contribution in [3.05, 3.63) is 17.5 Å². The van der Waals surface area contributed by atoms with Crippen molar-refractivity contribution in [2.24, 2.45) is 13.0 Å². The molecular formula is C11H19N3. The Morgan fingerprint density at radius 1 is 1.57 bits per heavy atom. The largest absolute Gasteiger partial charge is 0.319 e. The number of rotatable bonds is 3. The number of nitrogens with one attached hydrogen (secondary N) is 1. The van der Waals surface area contributed by atoms with Crippen LogP contribution in [-0.4, -0.2) is 23.4 Å². The summed E-state index contributed by atoms with van der Waals surface area (Å²) in [4.78, 5) is 0. The second kappa shape index (κ2) is 3.73. The highest BCUT2D eigenvalue weighted by atomic mass is 15.3. The van der Waals surface area contributed by atoms with E-state index in [2.05, 4.69) is 24.4 Å². The third-order valence-corrected chi connectivity index (χ3v) is 3.41. The van der Waals surface area contributed by atoms with Crippen LogP contribution in [0.5, 0.6) is 0 Å². The average molecular weight is 193 g/mol. The van der Waals surface area contributed by atoms with E-state index >= 15 is 0 Å². The van der Waals surface area contributed by atoms with Gasteiger partial charge in [0, 0.05) is 18.7 Å². The molecule has 1 aromatic rings. The van der Waals surface area contributed by atoms with Crippen LogP contribution in [0.2, 0.25) is 0 Å². The monoisotopic (exact) mass is 193 g/mol. The van der Waals surface area contributed by atoms with E-state index in [1.807, 2.05) is 17.9 Å². The lowest BCUT2D eigenvalue weighted by atomic mass is 9.71. The second-order valence-electron chi connectivity index (χ2n) is 4.34. The lowest BCUT2D eigenvalue weighted by molar-refractivity contribution is 0.239. The number of hydrogen-bond acceptors (Lipinski definition) is 2. The van der Waals surface area contributed by atoms with Crippen molar-refractivity contribution >= 4 is 0 Å². The summed E-state index contributed by atoms with van der Waals surface area (Å²) in [7, 11) is 4.09. The summed E-state index contributed by atoms with van der Waals surface area (Å²) in [5, 5.41) is 7.58. The molecule has 2 unspecified atom stereocenters. The van der Waals surface area contributed by atoms with E-state index in [1.54, 1.807) is 0 Å². The van der Waals surface area contributed by atoms with E-state index in [0.29, 0.717) is 0 Å². The van der Waals surface area contributed by atoms with Gasteiger partial charge in [0.05, 0.1) is 6.20 Å². The van der Waals surface area contributed by atoms with Crippen LogP contribution < -0.4 is 5.32 Å². The first-order valence-corrected chi connectivity index (χ1v) is 5.37. The van der Waals surface area contributed by atoms with E-state index < -0.39 is 0 Å². The van der Waals surface area contributed by atoms with Crippen LogP contribution in [0.4, 0.5) is 0 Å². The fraction of sp³-hybridized carbons (Fsp3) is 0.727. The zero-order valence-corrected chi connectivity index (χ0v) is 9.25. The van der Waals surface area contributed by atoms with E-state index in [9.17, 15) is 0 Å². The quantitative estimate of drug-likeness (QED) is 0.787. The molecule has 1 N–H and O–H groups in total. The highest BCUT2D eigenvalue weighted by Gasteiger charge is 2.34. The Labute approximate surface area is 85.5 Å². The smallest absolute Gasteiger partial charge is 0.0521 e. The van der Waals surface area contributed by atoms with Crippen LogP contribution in [0.25, 0.3) is 0 Å². The average Bonchev–Trinajstić information content (AvgIpc) is 2.44. The fourth-order valence-electron chi connectivity index (χ4n) is 2.52. The highest BCUT2D eigenvalue weighted by Crippen LogP contribution is 2.42. The number of aryl methyl sites for hydroxylation is 2. The molecule has 0 radical (unpaired) electrons. The minimum absolute atomic E-state index is 0.731. The lowest BCUT2D eigenvalue weighted by Gasteiger charge is -2.37. The predicted octanol–water partition coefficient (Wildman–Crippen LogP) is 1.44. The summed E-state index contributed by atoms with van der Waals surface area (Å²) in [5.74, 6) is 1.55. The molecule has 0 aromatic carbocycles. The lowest BCUT2D eigenvalue weighted by Crippen LogP contribution is -2.33. The molecule has 0 bridgehead atoms. The summed E-state index contributed by atoms with van der Waals surface area (Å²) in [6.07, 6.45) is 4.66. The highest BCUT2D eigenvalue weighted by molar-refractivity contribution is 5.23. The minimum atomic E-state index is 0.731. The maximum absolute atomic E-state index is 4.31. The zero-order chi connectivity index (χ0) is 10.1. The van der Waals surface area contributed by atoms with Crippen molar-refractivity contribution in [3.8, 4) is 0 Å². The fourth-order valence-corrected chi connectivity index (χ4v) is 2.52. The number of nitrogens with zero attached hydrogens (tertiary/aromatic N) is 2. The summed E-state index contributed by atoms with van der Waals surface area (Å²) < 4.78 is 2.04. The van der Waals surface area contributed by atoms with Gasteiger partial charge in [-0.3, -0.25) is 4.68 Å². The minimum Gasteiger partial charge on any atom is -0.319 e. The van der Waals surface area contributed by atoms with Gasteiger partial charge < -0.3 is 5.32 Å². The van der Waals surface area contributed by atoms with Crippen LogP contribution in [0.1, 0.15) is 30.0 Å². The Morgan fingerprint density at radius 2 is 2.36 bits per heavy atom. The first-order chi connectivity index (χ1) is 6.74. The van der Waals surface area contributed by atoms with Gasteiger partial charge in [-0.15, -0.1) is 0 Å². The van der Waals surface area contributed by atoms with E-state index in [0.717, 1.165) is 18.4 Å². The van der Waals surface area contributed by atoms with Crippen LogP contribution in [0.15, 0.2) is 6.20 Å². The first kappa shape index (κ1) is 9.71. The molecule has 3 nitrogen and oxygen atoms in total. The van der Waals surface area contributed by atoms with Crippen molar-refractivity contribution in [1.29, 1.82) is 0 Å². The molecule has 0 amide bonds. The molecule has 1 saturated carbocycles. The first-order valence-electron chi connectivity index (χ1n) is 5.37. The predicted molar refractivity (Wildman–Crippen MR) is 57.3 cm³/mol. The molecule has 2 atom stereocenters. The molecule has 1 fully saturated rings. The Hall–Kier alpha value is -0.830. The molecule has 1 aromatic heterocycles. The van der Waals surface area contributed by atoms with Gasteiger partial charge in [0.2, 0.25) is 0 Å². The molecule has 0 spiro atoms. The molecule has 1 aliphatic rings. The van der Waals surface area contributed by atoms with Gasteiger partial charge in [-0.1, -0.05) is 0 Å². The Bertz CT molecular complexity index is 297. The van der Waals surface area contributed by atoms with Crippen LogP contribution in [-0.2, 0) is 7.05 Å². The summed E-state index contributed by atoms with van der Waals surface area (Å²) >= 11 is 0. The Morgan fingerprint density at radius 3 is 2.79 bits per heavy atom. The topological polar surface area (TPSA) is 29.9 Å². The summed E-state index contributed by atoms with van der Waals surface area (Å²) in [6.45, 7) is 3.30. The van der Waals surface area contributed by atoms with E-state index in [4.69, 9.17) is 0 Å². The van der Waals surface area contributed by atoms with E-state index in [1.165, 1.54) is 24.1 Å². The second-order valence-corrected chi connectivity index (χ2v) is 4.34. The molecule has 78 valence electrons. The van der Waals surface area contributed by atoms with Crippen LogP contribution in [0, 0.1) is 12.8 Å². The normalized spacial score (nSPS) is 26.2. The van der Waals surface area contributed by atoms with Gasteiger partial charge in [-0.2, -0.15) is 5.10 Å². The van der Waals surface area contributed by atoms with Gasteiger partial charge >= 0.3 is 0 Å². The summed E-state index contributed by atoms with van der Waals surface area (Å²) in [6, 6.07) is 0. The van der Waals surface area contributed by atoms with Crippen molar-refractivity contribution in [2.45, 2.75) is 25.7 Å². The Balaban J connectivity index is 2.15. The van der Waals surface area contributed by atoms with Crippen molar-refractivity contribution in [3.63, 3.8) is 0 Å². The number of aromatic nitrogens is 2. The third kappa shape index (κ3) is 1.46. The molecule has 1 aliphatic carbocycles. The molecule has 14 heavy (non-hydrogen) atoms. The van der Waals surface area contributed by atoms with E-state index in [-0.39, 0.29) is 0 Å². The van der Waals surface area contributed by atoms with Gasteiger partial charge in [-0.05, 0) is 44.8 Å². The van der Waals surface area contributed by atoms with Crippen molar-refractivity contribution < 1.29 is 0 Å². The van der Waals surface area contributed by atoms with Gasteiger partial charge in [0.15, 0.2) is 0 Å². The molecular weight excluding hydrogens is 174 g/mol. The van der Waals surface area contributed by atoms with Crippen molar-refractivity contribution in [1.82, 2.24) is 15.1 Å². The standard InChI is InChI=1S/C11H19N3/c1-8-6-13-14(3)11(8)10-5-4-9(10)7-12-2/h6,9-10,12H,4-5,7H2,1-3H3. The molecule has 2 rings (SSSR count). The maximum atomic E-state index is 4.31. The van der Waals surface area contributed by atoms with Crippen LogP contribution in [0.3, 0.4) is 0 Å². The summed E-state index contributed by atoms with van der Waals surface area (Å²) in [5.41, 5.74) is 2.79. The maximum Gasteiger partial charge on any atom is 0.0521 e. The molecule has 0 aliphatic heterocycles. The molecule has 1 heterocycles. The van der Waals surface area contributed by atoms with Gasteiger partial charge in [-0.25, -0.2) is 0 Å². The Kier molecular flexibility index (Phi) is 2.59. The molecule has 3 heteroatoms. The molecule has 0 saturated heterocycles. The van der Waals surface area contributed by atoms with Crippen LogP contribution >= 0.6 is 0 Å². The SMILES string of the molecule is CNCC1CCC1c1c(C)cnn1C. The number of hydrogen-bond donors (Lipinski definition) is 1. The van der Waals surface area contributed by atoms with Gasteiger partial charge in [0.25, 0.3) is 0 Å².